The number of fused-ring (bicyclic) bond motifs is 1. The molecule has 7 nitrogen and oxygen atoms in total. The molecule has 1 aromatic carbocycles. The van der Waals surface area contributed by atoms with E-state index in [1.165, 1.54) is 0 Å². The van der Waals surface area contributed by atoms with Gasteiger partial charge in [-0.15, -0.1) is 0 Å². The molecule has 0 unspecified atom stereocenters. The van der Waals surface area contributed by atoms with Gasteiger partial charge in [0.2, 0.25) is 5.95 Å². The third-order valence-electron chi connectivity index (χ3n) is 4.61. The lowest BCUT2D eigenvalue weighted by molar-refractivity contribution is 0.0733. The summed E-state index contributed by atoms with van der Waals surface area (Å²) < 4.78 is 0. The van der Waals surface area contributed by atoms with Gasteiger partial charge in [-0.3, -0.25) is 9.89 Å². The Morgan fingerprint density at radius 1 is 1.19 bits per heavy atom. The molecule has 27 heavy (non-hydrogen) atoms. The van der Waals surface area contributed by atoms with Crippen LogP contribution in [-0.4, -0.2) is 44.6 Å². The first-order valence-electron chi connectivity index (χ1n) is 8.83. The van der Waals surface area contributed by atoms with Gasteiger partial charge in [-0.2, -0.15) is 5.10 Å². The number of anilines is 1. The molecule has 0 spiro atoms. The minimum atomic E-state index is -0.0671. The number of benzene rings is 1. The largest absolute Gasteiger partial charge is 0.357 e. The SMILES string of the molecule is CNc1ncc(C(=O)N2CCc3[nH]nc(/C=C/c4ccccc4)c3C2)cn1. The van der Waals surface area contributed by atoms with E-state index in [4.69, 9.17) is 0 Å². The van der Waals surface area contributed by atoms with E-state index in [1.807, 2.05) is 47.4 Å². The van der Waals surface area contributed by atoms with Crippen LogP contribution in [0, 0.1) is 0 Å². The topological polar surface area (TPSA) is 86.8 Å². The van der Waals surface area contributed by atoms with E-state index in [1.54, 1.807) is 19.4 Å². The van der Waals surface area contributed by atoms with Gasteiger partial charge < -0.3 is 10.2 Å². The number of aromatic amines is 1. The van der Waals surface area contributed by atoms with Crippen molar-refractivity contribution in [1.82, 2.24) is 25.1 Å². The van der Waals surface area contributed by atoms with Gasteiger partial charge in [0, 0.05) is 50.2 Å². The maximum absolute atomic E-state index is 12.8. The molecule has 0 aliphatic carbocycles. The van der Waals surface area contributed by atoms with E-state index < -0.39 is 0 Å². The predicted octanol–water partition coefficient (Wildman–Crippen LogP) is 2.61. The zero-order valence-electron chi connectivity index (χ0n) is 15.0. The average molecular weight is 360 g/mol. The monoisotopic (exact) mass is 360 g/mol. The van der Waals surface area contributed by atoms with Gasteiger partial charge in [0.1, 0.15) is 0 Å². The quantitative estimate of drug-likeness (QED) is 0.747. The third-order valence-corrected chi connectivity index (χ3v) is 4.61. The minimum Gasteiger partial charge on any atom is -0.357 e. The molecular formula is C20H20N6O. The van der Waals surface area contributed by atoms with Crippen molar-refractivity contribution in [2.75, 3.05) is 18.9 Å². The first-order valence-corrected chi connectivity index (χ1v) is 8.83. The standard InChI is InChI=1S/C20H20N6O/c1-21-20-22-11-15(12-23-20)19(27)26-10-9-18-16(13-26)17(24-25-18)8-7-14-5-3-2-4-6-14/h2-8,11-12H,9-10,13H2,1H3,(H,24,25)(H,21,22,23)/b8-7+. The molecule has 0 atom stereocenters. The van der Waals surface area contributed by atoms with Crippen LogP contribution in [0.2, 0.25) is 0 Å². The van der Waals surface area contributed by atoms with Crippen molar-refractivity contribution in [2.45, 2.75) is 13.0 Å². The maximum atomic E-state index is 12.8. The van der Waals surface area contributed by atoms with E-state index in [0.29, 0.717) is 24.6 Å². The Kier molecular flexibility index (Phi) is 4.65. The van der Waals surface area contributed by atoms with Crippen LogP contribution in [-0.2, 0) is 13.0 Å². The number of hydrogen-bond acceptors (Lipinski definition) is 5. The maximum Gasteiger partial charge on any atom is 0.257 e. The minimum absolute atomic E-state index is 0.0671. The smallest absolute Gasteiger partial charge is 0.257 e. The lowest BCUT2D eigenvalue weighted by Gasteiger charge is -2.27. The molecule has 0 radical (unpaired) electrons. The fourth-order valence-corrected chi connectivity index (χ4v) is 3.12. The molecule has 1 amide bonds. The highest BCUT2D eigenvalue weighted by atomic mass is 16.2. The number of H-pyrrole nitrogens is 1. The lowest BCUT2D eigenvalue weighted by atomic mass is 10.0. The Hall–Kier alpha value is -3.48. The fourth-order valence-electron chi connectivity index (χ4n) is 3.12. The summed E-state index contributed by atoms with van der Waals surface area (Å²) in [6.07, 6.45) is 7.89. The Balaban J connectivity index is 1.53. The molecule has 1 aliphatic heterocycles. The highest BCUT2D eigenvalue weighted by Gasteiger charge is 2.25. The van der Waals surface area contributed by atoms with Crippen molar-refractivity contribution in [3.8, 4) is 0 Å². The summed E-state index contributed by atoms with van der Waals surface area (Å²) in [7, 11) is 1.74. The zero-order valence-corrected chi connectivity index (χ0v) is 15.0. The van der Waals surface area contributed by atoms with E-state index in [-0.39, 0.29) is 5.91 Å². The molecule has 3 heterocycles. The molecule has 2 N–H and O–H groups in total. The number of nitrogens with zero attached hydrogens (tertiary/aromatic N) is 4. The number of aromatic nitrogens is 4. The van der Waals surface area contributed by atoms with Crippen molar-refractivity contribution in [1.29, 1.82) is 0 Å². The van der Waals surface area contributed by atoms with Gasteiger partial charge in [-0.1, -0.05) is 36.4 Å². The summed E-state index contributed by atoms with van der Waals surface area (Å²) in [6, 6.07) is 10.1. The van der Waals surface area contributed by atoms with Crippen LogP contribution in [0.1, 0.15) is 32.9 Å². The second-order valence-corrected chi connectivity index (χ2v) is 6.33. The molecular weight excluding hydrogens is 340 g/mol. The Morgan fingerprint density at radius 2 is 1.96 bits per heavy atom. The second kappa shape index (κ2) is 7.41. The van der Waals surface area contributed by atoms with Gasteiger partial charge in [0.15, 0.2) is 0 Å². The van der Waals surface area contributed by atoms with Crippen molar-refractivity contribution >= 4 is 24.0 Å². The van der Waals surface area contributed by atoms with Crippen LogP contribution in [0.25, 0.3) is 12.2 Å². The Labute approximate surface area is 157 Å². The van der Waals surface area contributed by atoms with Gasteiger partial charge >= 0.3 is 0 Å². The molecule has 3 aromatic rings. The number of carbonyl (C=O) groups is 1. The van der Waals surface area contributed by atoms with Crippen molar-refractivity contribution in [3.63, 3.8) is 0 Å². The summed E-state index contributed by atoms with van der Waals surface area (Å²) in [5.41, 5.74) is 4.62. The predicted molar refractivity (Wildman–Crippen MR) is 104 cm³/mol. The van der Waals surface area contributed by atoms with Crippen molar-refractivity contribution in [3.05, 3.63) is 70.8 Å². The molecule has 1 aliphatic rings. The molecule has 2 aromatic heterocycles. The summed E-state index contributed by atoms with van der Waals surface area (Å²) in [5, 5.41) is 10.4. The summed E-state index contributed by atoms with van der Waals surface area (Å²) in [6.45, 7) is 1.16. The molecule has 0 bridgehead atoms. The third kappa shape index (κ3) is 3.57. The molecule has 0 saturated carbocycles. The number of hydrogen-bond donors (Lipinski definition) is 2. The van der Waals surface area contributed by atoms with Crippen LogP contribution in [0.5, 0.6) is 0 Å². The first kappa shape index (κ1) is 17.0. The highest BCUT2D eigenvalue weighted by Crippen LogP contribution is 2.23. The van der Waals surface area contributed by atoms with Gasteiger partial charge in [0.25, 0.3) is 5.91 Å². The number of amides is 1. The van der Waals surface area contributed by atoms with Crippen molar-refractivity contribution < 1.29 is 4.79 Å². The van der Waals surface area contributed by atoms with Gasteiger partial charge in [-0.25, -0.2) is 9.97 Å². The van der Waals surface area contributed by atoms with E-state index >= 15 is 0 Å². The van der Waals surface area contributed by atoms with E-state index in [2.05, 4.69) is 25.5 Å². The number of carbonyl (C=O) groups excluding carboxylic acids is 1. The van der Waals surface area contributed by atoms with E-state index in [9.17, 15) is 4.79 Å². The molecule has 4 rings (SSSR count). The lowest BCUT2D eigenvalue weighted by Crippen LogP contribution is -2.36. The van der Waals surface area contributed by atoms with Crippen LogP contribution in [0.15, 0.2) is 42.7 Å². The molecule has 136 valence electrons. The summed E-state index contributed by atoms with van der Waals surface area (Å²) in [4.78, 5) is 22.9. The second-order valence-electron chi connectivity index (χ2n) is 6.33. The van der Waals surface area contributed by atoms with Crippen LogP contribution < -0.4 is 5.32 Å². The number of nitrogens with one attached hydrogen (secondary N) is 2. The Morgan fingerprint density at radius 3 is 2.70 bits per heavy atom. The molecule has 0 saturated heterocycles. The van der Waals surface area contributed by atoms with Crippen LogP contribution in [0.3, 0.4) is 0 Å². The molecule has 7 heteroatoms. The van der Waals surface area contributed by atoms with E-state index in [0.717, 1.165) is 28.9 Å². The molecule has 0 fully saturated rings. The van der Waals surface area contributed by atoms with Gasteiger partial charge in [-0.05, 0) is 11.6 Å². The first-order chi connectivity index (χ1) is 13.2. The Bertz CT molecular complexity index is 962. The van der Waals surface area contributed by atoms with Gasteiger partial charge in [0.05, 0.1) is 11.3 Å². The number of rotatable bonds is 4. The normalized spacial score (nSPS) is 13.6. The average Bonchev–Trinajstić information content (AvgIpc) is 3.15. The van der Waals surface area contributed by atoms with Crippen LogP contribution in [0.4, 0.5) is 5.95 Å². The summed E-state index contributed by atoms with van der Waals surface area (Å²) in [5.74, 6) is 0.429. The highest BCUT2D eigenvalue weighted by molar-refractivity contribution is 5.94. The fraction of sp³-hybridized carbons (Fsp3) is 0.200. The zero-order chi connectivity index (χ0) is 18.6. The van der Waals surface area contributed by atoms with Crippen LogP contribution >= 0.6 is 0 Å². The van der Waals surface area contributed by atoms with Crippen molar-refractivity contribution in [2.24, 2.45) is 0 Å². The summed E-state index contributed by atoms with van der Waals surface area (Å²) >= 11 is 0.